The molecule has 1 atom stereocenters. The van der Waals surface area contributed by atoms with Crippen LogP contribution in [0.15, 0.2) is 36.4 Å². The number of carbonyl (C=O) groups is 3. The lowest BCUT2D eigenvalue weighted by Gasteiger charge is -2.23. The van der Waals surface area contributed by atoms with Gasteiger partial charge in [0.1, 0.15) is 12.1 Å². The molecule has 4 amide bonds. The average Bonchev–Trinajstić information content (AvgIpc) is 2.90. The summed E-state index contributed by atoms with van der Waals surface area (Å²) in [5.41, 5.74) is 2.02. The minimum Gasteiger partial charge on any atom is -0.490 e. The Balaban J connectivity index is 1.51. The van der Waals surface area contributed by atoms with E-state index in [1.807, 2.05) is 26.0 Å². The molecule has 2 aliphatic rings. The summed E-state index contributed by atoms with van der Waals surface area (Å²) in [5.74, 6) is 0.187. The first-order valence-corrected chi connectivity index (χ1v) is 10.2. The number of aryl methyl sites for hydroxylation is 2. The van der Waals surface area contributed by atoms with Crippen LogP contribution >= 0.6 is 0 Å². The molecule has 0 spiro atoms. The number of rotatable bonds is 4. The van der Waals surface area contributed by atoms with Crippen molar-refractivity contribution in [3.8, 4) is 11.5 Å². The number of nitrogens with zero attached hydrogens (tertiary/aromatic N) is 1. The van der Waals surface area contributed by atoms with E-state index in [0.29, 0.717) is 36.0 Å². The van der Waals surface area contributed by atoms with Gasteiger partial charge in [0.05, 0.1) is 13.2 Å². The molecule has 0 saturated carbocycles. The number of nitrogens with one attached hydrogen (secondary N) is 2. The topological polar surface area (TPSA) is 97.0 Å². The number of urea groups is 1. The van der Waals surface area contributed by atoms with Gasteiger partial charge in [-0.05, 0) is 61.7 Å². The lowest BCUT2D eigenvalue weighted by atomic mass is 9.91. The van der Waals surface area contributed by atoms with Crippen LogP contribution in [0.3, 0.4) is 0 Å². The highest BCUT2D eigenvalue weighted by atomic mass is 16.5. The van der Waals surface area contributed by atoms with Crippen LogP contribution in [0.1, 0.15) is 30.0 Å². The van der Waals surface area contributed by atoms with E-state index in [9.17, 15) is 14.4 Å². The van der Waals surface area contributed by atoms with E-state index < -0.39 is 23.4 Å². The van der Waals surface area contributed by atoms with Gasteiger partial charge in [0.15, 0.2) is 11.5 Å². The lowest BCUT2D eigenvalue weighted by molar-refractivity contribution is -0.133. The molecule has 0 radical (unpaired) electrons. The van der Waals surface area contributed by atoms with Crippen LogP contribution in [0, 0.1) is 13.8 Å². The van der Waals surface area contributed by atoms with Crippen molar-refractivity contribution in [2.24, 2.45) is 0 Å². The van der Waals surface area contributed by atoms with Crippen LogP contribution in [-0.2, 0) is 15.1 Å². The predicted octanol–water partition coefficient (Wildman–Crippen LogP) is 2.87. The molecule has 31 heavy (non-hydrogen) atoms. The molecule has 2 aliphatic heterocycles. The summed E-state index contributed by atoms with van der Waals surface area (Å²) in [6, 6.07) is 10.1. The third-order valence-electron chi connectivity index (χ3n) is 5.69. The SMILES string of the molecule is Cc1ccc(NC(=O)CN2C(=O)N[C@@](C)(c3ccc4c(c3)OCCCO4)C2=O)cc1C. The number of benzene rings is 2. The quantitative estimate of drug-likeness (QED) is 0.737. The molecule has 2 N–H and O–H groups in total. The molecule has 0 unspecified atom stereocenters. The smallest absolute Gasteiger partial charge is 0.325 e. The Morgan fingerprint density at radius 1 is 1.06 bits per heavy atom. The molecule has 4 rings (SSSR count). The van der Waals surface area contributed by atoms with Gasteiger partial charge in [0, 0.05) is 12.1 Å². The monoisotopic (exact) mass is 423 g/mol. The second kappa shape index (κ2) is 7.94. The van der Waals surface area contributed by atoms with Gasteiger partial charge in [-0.15, -0.1) is 0 Å². The van der Waals surface area contributed by atoms with Crippen LogP contribution in [-0.4, -0.2) is 42.5 Å². The Morgan fingerprint density at radius 3 is 2.55 bits per heavy atom. The molecular weight excluding hydrogens is 398 g/mol. The van der Waals surface area contributed by atoms with Gasteiger partial charge in [-0.2, -0.15) is 0 Å². The summed E-state index contributed by atoms with van der Waals surface area (Å²) in [7, 11) is 0. The van der Waals surface area contributed by atoms with E-state index in [0.717, 1.165) is 22.4 Å². The fourth-order valence-electron chi connectivity index (χ4n) is 3.67. The molecule has 162 valence electrons. The molecular formula is C23H25N3O5. The van der Waals surface area contributed by atoms with Gasteiger partial charge >= 0.3 is 6.03 Å². The largest absolute Gasteiger partial charge is 0.490 e. The first-order valence-electron chi connectivity index (χ1n) is 10.2. The van der Waals surface area contributed by atoms with Gasteiger partial charge in [-0.1, -0.05) is 12.1 Å². The van der Waals surface area contributed by atoms with Gasteiger partial charge in [0.25, 0.3) is 5.91 Å². The lowest BCUT2D eigenvalue weighted by Crippen LogP contribution is -2.42. The normalized spacial score (nSPS) is 20.3. The van der Waals surface area contributed by atoms with E-state index >= 15 is 0 Å². The summed E-state index contributed by atoms with van der Waals surface area (Å²) < 4.78 is 11.3. The van der Waals surface area contributed by atoms with E-state index in [1.54, 1.807) is 31.2 Å². The fourth-order valence-corrected chi connectivity index (χ4v) is 3.67. The molecule has 2 aromatic rings. The van der Waals surface area contributed by atoms with Crippen molar-refractivity contribution in [1.29, 1.82) is 0 Å². The molecule has 1 saturated heterocycles. The summed E-state index contributed by atoms with van der Waals surface area (Å²) >= 11 is 0. The molecule has 0 bridgehead atoms. The maximum Gasteiger partial charge on any atom is 0.325 e. The van der Waals surface area contributed by atoms with Crippen molar-refractivity contribution >= 4 is 23.5 Å². The zero-order valence-electron chi connectivity index (χ0n) is 17.8. The van der Waals surface area contributed by atoms with Crippen molar-refractivity contribution in [2.45, 2.75) is 32.7 Å². The molecule has 0 aromatic heterocycles. The third kappa shape index (κ3) is 3.93. The predicted molar refractivity (Wildman–Crippen MR) is 114 cm³/mol. The third-order valence-corrected chi connectivity index (χ3v) is 5.69. The number of anilines is 1. The van der Waals surface area contributed by atoms with Crippen LogP contribution in [0.5, 0.6) is 11.5 Å². The highest BCUT2D eigenvalue weighted by molar-refractivity contribution is 6.10. The summed E-state index contributed by atoms with van der Waals surface area (Å²) in [6.45, 7) is 6.24. The molecule has 8 nitrogen and oxygen atoms in total. The summed E-state index contributed by atoms with van der Waals surface area (Å²) in [4.78, 5) is 39.2. The highest BCUT2D eigenvalue weighted by Crippen LogP contribution is 2.36. The average molecular weight is 423 g/mol. The number of imide groups is 1. The van der Waals surface area contributed by atoms with Crippen molar-refractivity contribution in [3.63, 3.8) is 0 Å². The van der Waals surface area contributed by atoms with Gasteiger partial charge in [-0.3, -0.25) is 14.5 Å². The van der Waals surface area contributed by atoms with E-state index in [1.165, 1.54) is 0 Å². The maximum atomic E-state index is 13.2. The van der Waals surface area contributed by atoms with Crippen molar-refractivity contribution < 1.29 is 23.9 Å². The second-order valence-corrected chi connectivity index (χ2v) is 8.01. The number of hydrogen-bond donors (Lipinski definition) is 2. The van der Waals surface area contributed by atoms with Gasteiger partial charge in [0.2, 0.25) is 5.91 Å². The zero-order chi connectivity index (χ0) is 22.2. The van der Waals surface area contributed by atoms with Crippen LogP contribution < -0.4 is 20.1 Å². The van der Waals surface area contributed by atoms with Crippen molar-refractivity contribution in [2.75, 3.05) is 25.1 Å². The molecule has 2 aromatic carbocycles. The van der Waals surface area contributed by atoms with E-state index in [-0.39, 0.29) is 6.54 Å². The standard InChI is InChI=1S/C23H25N3O5/c1-14-5-7-17(11-15(14)2)24-20(27)13-26-21(28)23(3,25-22(26)29)16-6-8-18-19(12-16)31-10-4-9-30-18/h5-8,11-12H,4,9-10,13H2,1-3H3,(H,24,27)(H,25,29)/t23-/m0/s1. The van der Waals surface area contributed by atoms with Crippen molar-refractivity contribution in [1.82, 2.24) is 10.2 Å². The molecule has 2 heterocycles. The number of fused-ring (bicyclic) bond motifs is 1. The zero-order valence-corrected chi connectivity index (χ0v) is 17.8. The Hall–Kier alpha value is -3.55. The van der Waals surface area contributed by atoms with Crippen molar-refractivity contribution in [3.05, 3.63) is 53.1 Å². The molecule has 1 fully saturated rings. The van der Waals surface area contributed by atoms with Gasteiger partial charge in [-0.25, -0.2) is 4.79 Å². The Morgan fingerprint density at radius 2 is 1.81 bits per heavy atom. The minimum atomic E-state index is -1.30. The van der Waals surface area contributed by atoms with E-state index in [2.05, 4.69) is 10.6 Å². The number of amides is 4. The molecule has 0 aliphatic carbocycles. The Labute approximate surface area is 180 Å². The first-order chi connectivity index (χ1) is 14.8. The Kier molecular flexibility index (Phi) is 5.31. The van der Waals surface area contributed by atoms with Crippen LogP contribution in [0.4, 0.5) is 10.5 Å². The minimum absolute atomic E-state index is 0.377. The fraction of sp³-hybridized carbons (Fsp3) is 0.348. The number of hydrogen-bond acceptors (Lipinski definition) is 5. The second-order valence-electron chi connectivity index (χ2n) is 8.01. The maximum absolute atomic E-state index is 13.2. The Bertz CT molecular complexity index is 1070. The summed E-state index contributed by atoms with van der Waals surface area (Å²) in [6.07, 6.45) is 0.764. The van der Waals surface area contributed by atoms with Gasteiger partial charge < -0.3 is 20.1 Å². The van der Waals surface area contributed by atoms with Crippen LogP contribution in [0.25, 0.3) is 0 Å². The highest BCUT2D eigenvalue weighted by Gasteiger charge is 2.49. The summed E-state index contributed by atoms with van der Waals surface area (Å²) in [5, 5.41) is 5.46. The van der Waals surface area contributed by atoms with Crippen LogP contribution in [0.2, 0.25) is 0 Å². The first kappa shape index (κ1) is 20.7. The number of carbonyl (C=O) groups excluding carboxylic acids is 3. The number of ether oxygens (including phenoxy) is 2. The molecule has 8 heteroatoms. The van der Waals surface area contributed by atoms with E-state index in [4.69, 9.17) is 9.47 Å².